The van der Waals surface area contributed by atoms with Crippen LogP contribution in [0.5, 0.6) is 0 Å². The number of aryl methyl sites for hydroxylation is 1. The van der Waals surface area contributed by atoms with Crippen LogP contribution >= 0.6 is 0 Å². The van der Waals surface area contributed by atoms with Gasteiger partial charge in [0.05, 0.1) is 0 Å². The van der Waals surface area contributed by atoms with Gasteiger partial charge in [-0.25, -0.2) is 0 Å². The molecule has 1 aromatic rings. The van der Waals surface area contributed by atoms with E-state index in [1.165, 1.54) is 7.05 Å². The van der Waals surface area contributed by atoms with Crippen LogP contribution in [-0.2, 0) is 16.0 Å². The maximum atomic E-state index is 11.6. The van der Waals surface area contributed by atoms with Gasteiger partial charge in [-0.2, -0.15) is 0 Å². The molecule has 0 spiro atoms. The average molecular weight is 249 g/mol. The van der Waals surface area contributed by atoms with Crippen molar-refractivity contribution in [3.8, 4) is 0 Å². The summed E-state index contributed by atoms with van der Waals surface area (Å²) in [6.45, 7) is 1.65. The third-order valence-electron chi connectivity index (χ3n) is 2.61. The van der Waals surface area contributed by atoms with E-state index in [4.69, 9.17) is 5.73 Å². The van der Waals surface area contributed by atoms with Gasteiger partial charge < -0.3 is 16.4 Å². The monoisotopic (exact) mass is 249 g/mol. The van der Waals surface area contributed by atoms with E-state index in [-0.39, 0.29) is 11.8 Å². The quantitative estimate of drug-likeness (QED) is 0.662. The highest BCUT2D eigenvalue weighted by Crippen LogP contribution is 2.08. The van der Waals surface area contributed by atoms with Crippen molar-refractivity contribution < 1.29 is 9.59 Å². The highest BCUT2D eigenvalue weighted by Gasteiger charge is 2.13. The Bertz CT molecular complexity index is 432. The minimum Gasteiger partial charge on any atom is -0.399 e. The number of benzene rings is 1. The number of rotatable bonds is 5. The molecule has 1 rings (SSSR count). The number of hydrogen-bond acceptors (Lipinski definition) is 3. The zero-order valence-electron chi connectivity index (χ0n) is 10.7. The van der Waals surface area contributed by atoms with E-state index < -0.39 is 6.04 Å². The molecule has 0 aliphatic heterocycles. The number of anilines is 1. The van der Waals surface area contributed by atoms with Gasteiger partial charge in [0.2, 0.25) is 11.8 Å². The summed E-state index contributed by atoms with van der Waals surface area (Å²) in [6.07, 6.45) is 0.947. The lowest BCUT2D eigenvalue weighted by Gasteiger charge is -2.12. The second-order valence-corrected chi connectivity index (χ2v) is 4.15. The molecule has 0 saturated heterocycles. The second-order valence-electron chi connectivity index (χ2n) is 4.15. The van der Waals surface area contributed by atoms with Crippen LogP contribution in [0.4, 0.5) is 5.69 Å². The minimum absolute atomic E-state index is 0.145. The Hall–Kier alpha value is -2.04. The summed E-state index contributed by atoms with van der Waals surface area (Å²) in [4.78, 5) is 22.8. The van der Waals surface area contributed by atoms with E-state index in [1.54, 1.807) is 13.0 Å². The Balaban J connectivity index is 2.40. The van der Waals surface area contributed by atoms with Gasteiger partial charge in [0, 0.05) is 19.2 Å². The number of carbonyl (C=O) groups excluding carboxylic acids is 2. The number of likely N-dealkylation sites (N-methyl/N-ethyl adjacent to an activating group) is 1. The SMILES string of the molecule is CNC(=O)C(C)NC(=O)CCc1cccc(N)c1. The van der Waals surface area contributed by atoms with Crippen molar-refractivity contribution in [3.63, 3.8) is 0 Å². The lowest BCUT2D eigenvalue weighted by atomic mass is 10.1. The molecule has 0 aliphatic carbocycles. The number of amides is 2. The van der Waals surface area contributed by atoms with Crippen LogP contribution in [0.1, 0.15) is 18.9 Å². The predicted octanol–water partition coefficient (Wildman–Crippen LogP) is 0.452. The van der Waals surface area contributed by atoms with Crippen LogP contribution in [0.3, 0.4) is 0 Å². The van der Waals surface area contributed by atoms with E-state index in [0.29, 0.717) is 18.5 Å². The Morgan fingerprint density at radius 3 is 2.72 bits per heavy atom. The molecule has 0 fully saturated rings. The van der Waals surface area contributed by atoms with Crippen molar-refractivity contribution in [1.29, 1.82) is 0 Å². The zero-order valence-corrected chi connectivity index (χ0v) is 10.7. The summed E-state index contributed by atoms with van der Waals surface area (Å²) in [5.74, 6) is -0.346. The average Bonchev–Trinajstić information content (AvgIpc) is 2.35. The highest BCUT2D eigenvalue weighted by atomic mass is 16.2. The first-order chi connectivity index (χ1) is 8.52. The minimum atomic E-state index is -0.511. The lowest BCUT2D eigenvalue weighted by Crippen LogP contribution is -2.43. The second kappa shape index (κ2) is 6.64. The molecule has 0 aromatic heterocycles. The summed E-state index contributed by atoms with van der Waals surface area (Å²) >= 11 is 0. The molecule has 0 bridgehead atoms. The molecule has 18 heavy (non-hydrogen) atoms. The molecule has 5 heteroatoms. The van der Waals surface area contributed by atoms with Crippen molar-refractivity contribution in [3.05, 3.63) is 29.8 Å². The van der Waals surface area contributed by atoms with Gasteiger partial charge in [0.15, 0.2) is 0 Å². The fraction of sp³-hybridized carbons (Fsp3) is 0.385. The molecule has 4 N–H and O–H groups in total. The normalized spacial score (nSPS) is 11.7. The maximum Gasteiger partial charge on any atom is 0.242 e. The van der Waals surface area contributed by atoms with Crippen LogP contribution in [-0.4, -0.2) is 24.9 Å². The molecular weight excluding hydrogens is 230 g/mol. The highest BCUT2D eigenvalue weighted by molar-refractivity contribution is 5.87. The molecule has 1 aromatic carbocycles. The van der Waals surface area contributed by atoms with Gasteiger partial charge in [-0.05, 0) is 31.0 Å². The largest absolute Gasteiger partial charge is 0.399 e. The van der Waals surface area contributed by atoms with Gasteiger partial charge in [0.25, 0.3) is 0 Å². The van der Waals surface area contributed by atoms with Crippen molar-refractivity contribution in [2.24, 2.45) is 0 Å². The molecule has 0 radical (unpaired) electrons. The van der Waals surface area contributed by atoms with Crippen LogP contribution in [0.15, 0.2) is 24.3 Å². The first-order valence-electron chi connectivity index (χ1n) is 5.88. The summed E-state index contributed by atoms with van der Waals surface area (Å²) in [5.41, 5.74) is 7.35. The third-order valence-corrected chi connectivity index (χ3v) is 2.61. The Kier molecular flexibility index (Phi) is 5.17. The van der Waals surface area contributed by atoms with E-state index in [2.05, 4.69) is 10.6 Å². The molecule has 0 saturated carbocycles. The molecule has 0 aliphatic rings. The van der Waals surface area contributed by atoms with Crippen LogP contribution in [0.2, 0.25) is 0 Å². The first-order valence-corrected chi connectivity index (χ1v) is 5.88. The van der Waals surface area contributed by atoms with Crippen LogP contribution in [0, 0.1) is 0 Å². The van der Waals surface area contributed by atoms with Crippen molar-refractivity contribution >= 4 is 17.5 Å². The zero-order chi connectivity index (χ0) is 13.5. The summed E-state index contributed by atoms with van der Waals surface area (Å²) in [5, 5.41) is 5.11. The maximum absolute atomic E-state index is 11.6. The van der Waals surface area contributed by atoms with Gasteiger partial charge in [0.1, 0.15) is 6.04 Å². The number of hydrogen-bond donors (Lipinski definition) is 3. The Morgan fingerprint density at radius 1 is 1.39 bits per heavy atom. The van der Waals surface area contributed by atoms with Crippen LogP contribution < -0.4 is 16.4 Å². The van der Waals surface area contributed by atoms with Crippen molar-refractivity contribution in [2.75, 3.05) is 12.8 Å². The lowest BCUT2D eigenvalue weighted by molar-refractivity contribution is -0.128. The summed E-state index contributed by atoms with van der Waals surface area (Å²) < 4.78 is 0. The topological polar surface area (TPSA) is 84.2 Å². The molecule has 5 nitrogen and oxygen atoms in total. The van der Waals surface area contributed by atoms with E-state index in [1.807, 2.05) is 18.2 Å². The molecule has 2 amide bonds. The van der Waals surface area contributed by atoms with Gasteiger partial charge in [-0.3, -0.25) is 9.59 Å². The number of nitrogens with two attached hydrogens (primary N) is 1. The summed E-state index contributed by atoms with van der Waals surface area (Å²) in [7, 11) is 1.54. The number of nitrogens with one attached hydrogen (secondary N) is 2. The van der Waals surface area contributed by atoms with E-state index >= 15 is 0 Å². The Morgan fingerprint density at radius 2 is 2.11 bits per heavy atom. The Labute approximate surface area is 107 Å². The fourth-order valence-electron chi connectivity index (χ4n) is 1.60. The van der Waals surface area contributed by atoms with Gasteiger partial charge in [-0.1, -0.05) is 12.1 Å². The van der Waals surface area contributed by atoms with Crippen molar-refractivity contribution in [1.82, 2.24) is 10.6 Å². The van der Waals surface area contributed by atoms with E-state index in [0.717, 1.165) is 5.56 Å². The van der Waals surface area contributed by atoms with Crippen LogP contribution in [0.25, 0.3) is 0 Å². The first kappa shape index (κ1) is 14.0. The fourth-order valence-corrected chi connectivity index (χ4v) is 1.60. The van der Waals surface area contributed by atoms with Gasteiger partial charge in [-0.15, -0.1) is 0 Å². The number of carbonyl (C=O) groups is 2. The number of nitrogen functional groups attached to an aromatic ring is 1. The van der Waals surface area contributed by atoms with Crippen molar-refractivity contribution in [2.45, 2.75) is 25.8 Å². The standard InChI is InChI=1S/C13H19N3O2/c1-9(13(18)15-2)16-12(17)7-6-10-4-3-5-11(14)8-10/h3-5,8-9H,6-7,14H2,1-2H3,(H,15,18)(H,16,17). The molecule has 0 heterocycles. The smallest absolute Gasteiger partial charge is 0.242 e. The summed E-state index contributed by atoms with van der Waals surface area (Å²) in [6, 6.07) is 6.91. The van der Waals surface area contributed by atoms with E-state index in [9.17, 15) is 9.59 Å². The third kappa shape index (κ3) is 4.45. The molecule has 1 unspecified atom stereocenters. The molecule has 1 atom stereocenters. The predicted molar refractivity (Wildman–Crippen MR) is 70.8 cm³/mol. The molecule has 98 valence electrons. The molecular formula is C13H19N3O2. The van der Waals surface area contributed by atoms with Gasteiger partial charge >= 0.3 is 0 Å².